The van der Waals surface area contributed by atoms with Gasteiger partial charge < -0.3 is 5.73 Å². The molecule has 2 rings (SSSR count). The van der Waals surface area contributed by atoms with E-state index in [0.29, 0.717) is 6.54 Å². The van der Waals surface area contributed by atoms with Crippen molar-refractivity contribution in [3.05, 3.63) is 53.2 Å². The van der Waals surface area contributed by atoms with Gasteiger partial charge >= 0.3 is 0 Å². The van der Waals surface area contributed by atoms with E-state index < -0.39 is 0 Å². The Morgan fingerprint density at radius 3 is 2.65 bits per heavy atom. The zero-order valence-corrected chi connectivity index (χ0v) is 10.8. The molecule has 1 heterocycles. The first-order chi connectivity index (χ1) is 8.29. The van der Waals surface area contributed by atoms with Gasteiger partial charge in [0.1, 0.15) is 5.03 Å². The summed E-state index contributed by atoms with van der Waals surface area (Å²) in [6, 6.07) is 11.8. The summed E-state index contributed by atoms with van der Waals surface area (Å²) in [6.45, 7) is 0.651. The fourth-order valence-electron chi connectivity index (χ4n) is 1.43. The van der Waals surface area contributed by atoms with Crippen LogP contribution in [-0.2, 0) is 6.42 Å². The molecule has 0 spiro atoms. The van der Waals surface area contributed by atoms with Gasteiger partial charge in [-0.3, -0.25) is 0 Å². The average Bonchev–Trinajstić information content (AvgIpc) is 2.35. The molecule has 1 aromatic heterocycles. The maximum Gasteiger partial charge on any atom is 0.101 e. The van der Waals surface area contributed by atoms with Gasteiger partial charge in [0.25, 0.3) is 0 Å². The molecule has 0 aliphatic rings. The van der Waals surface area contributed by atoms with Crippen molar-refractivity contribution in [2.75, 3.05) is 6.54 Å². The largest absolute Gasteiger partial charge is 0.330 e. The van der Waals surface area contributed by atoms with E-state index in [4.69, 9.17) is 17.3 Å². The summed E-state index contributed by atoms with van der Waals surface area (Å²) in [4.78, 5) is 5.40. The van der Waals surface area contributed by atoms with Gasteiger partial charge in [-0.1, -0.05) is 41.6 Å². The highest BCUT2D eigenvalue weighted by Gasteiger charge is 2.02. The Morgan fingerprint density at radius 1 is 1.18 bits per heavy atom. The zero-order chi connectivity index (χ0) is 12.1. The highest BCUT2D eigenvalue weighted by atomic mass is 35.5. The van der Waals surface area contributed by atoms with Crippen molar-refractivity contribution in [3.63, 3.8) is 0 Å². The number of hydrogen-bond donors (Lipinski definition) is 1. The smallest absolute Gasteiger partial charge is 0.101 e. The molecule has 4 heteroatoms. The first kappa shape index (κ1) is 12.4. The third kappa shape index (κ3) is 3.46. The monoisotopic (exact) mass is 264 g/mol. The van der Waals surface area contributed by atoms with E-state index in [1.165, 1.54) is 0 Å². The highest BCUT2D eigenvalue weighted by Crippen LogP contribution is 2.31. The van der Waals surface area contributed by atoms with E-state index in [1.54, 1.807) is 11.8 Å². The molecule has 0 saturated heterocycles. The lowest BCUT2D eigenvalue weighted by Crippen LogP contribution is -2.02. The normalized spacial score (nSPS) is 10.5. The number of halogens is 1. The SMILES string of the molecule is NCCc1ccc(Sc2ccccc2Cl)nc1. The maximum atomic E-state index is 6.09. The summed E-state index contributed by atoms with van der Waals surface area (Å²) in [5.74, 6) is 0. The van der Waals surface area contributed by atoms with E-state index in [2.05, 4.69) is 11.1 Å². The molecule has 0 aliphatic carbocycles. The molecule has 0 atom stereocenters. The van der Waals surface area contributed by atoms with Gasteiger partial charge in [0, 0.05) is 11.1 Å². The topological polar surface area (TPSA) is 38.9 Å². The lowest BCUT2D eigenvalue weighted by atomic mass is 10.2. The van der Waals surface area contributed by atoms with E-state index in [1.807, 2.05) is 36.5 Å². The summed E-state index contributed by atoms with van der Waals surface area (Å²) in [5.41, 5.74) is 6.65. The number of hydrogen-bond acceptors (Lipinski definition) is 3. The average molecular weight is 265 g/mol. The molecule has 2 nitrogen and oxygen atoms in total. The molecular weight excluding hydrogens is 252 g/mol. The number of nitrogens with zero attached hydrogens (tertiary/aromatic N) is 1. The number of pyridine rings is 1. The summed E-state index contributed by atoms with van der Waals surface area (Å²) in [5, 5.41) is 1.70. The third-order valence-electron chi connectivity index (χ3n) is 2.28. The molecule has 1 aromatic carbocycles. The summed E-state index contributed by atoms with van der Waals surface area (Å²) in [6.07, 6.45) is 2.73. The van der Waals surface area contributed by atoms with Gasteiger partial charge in [0.05, 0.1) is 5.02 Å². The molecule has 17 heavy (non-hydrogen) atoms. The van der Waals surface area contributed by atoms with Gasteiger partial charge in [0.2, 0.25) is 0 Å². The second kappa shape index (κ2) is 6.05. The number of rotatable bonds is 4. The van der Waals surface area contributed by atoms with Crippen LogP contribution in [0.3, 0.4) is 0 Å². The number of nitrogens with two attached hydrogens (primary N) is 1. The Bertz CT molecular complexity index is 485. The minimum Gasteiger partial charge on any atom is -0.330 e. The predicted octanol–water partition coefficient (Wildman–Crippen LogP) is 3.39. The van der Waals surface area contributed by atoms with Crippen molar-refractivity contribution in [1.29, 1.82) is 0 Å². The molecule has 0 unspecified atom stereocenters. The fraction of sp³-hybridized carbons (Fsp3) is 0.154. The fourth-order valence-corrected chi connectivity index (χ4v) is 2.46. The molecule has 2 aromatic rings. The molecular formula is C13H13ClN2S. The molecule has 2 N–H and O–H groups in total. The van der Waals surface area contributed by atoms with Crippen LogP contribution in [0.2, 0.25) is 5.02 Å². The van der Waals surface area contributed by atoms with Gasteiger partial charge in [-0.2, -0.15) is 0 Å². The van der Waals surface area contributed by atoms with Crippen LogP contribution in [0.5, 0.6) is 0 Å². The Morgan fingerprint density at radius 2 is 2.00 bits per heavy atom. The highest BCUT2D eigenvalue weighted by molar-refractivity contribution is 7.99. The van der Waals surface area contributed by atoms with Gasteiger partial charge in [-0.25, -0.2) is 4.98 Å². The molecule has 0 aliphatic heterocycles. The van der Waals surface area contributed by atoms with Crippen molar-refractivity contribution < 1.29 is 0 Å². The Balaban J connectivity index is 2.11. The van der Waals surface area contributed by atoms with Crippen molar-refractivity contribution in [2.45, 2.75) is 16.3 Å². The van der Waals surface area contributed by atoms with Gasteiger partial charge in [-0.05, 0) is 36.7 Å². The zero-order valence-electron chi connectivity index (χ0n) is 9.27. The Hall–Kier alpha value is -1.03. The van der Waals surface area contributed by atoms with Crippen LogP contribution in [-0.4, -0.2) is 11.5 Å². The standard InChI is InChI=1S/C13H13ClN2S/c14-11-3-1-2-4-12(11)17-13-6-5-10(7-8-15)9-16-13/h1-6,9H,7-8,15H2. The van der Waals surface area contributed by atoms with Crippen molar-refractivity contribution in [1.82, 2.24) is 4.98 Å². The van der Waals surface area contributed by atoms with E-state index in [0.717, 1.165) is 26.9 Å². The van der Waals surface area contributed by atoms with Gasteiger partial charge in [-0.15, -0.1) is 0 Å². The third-order valence-corrected chi connectivity index (χ3v) is 3.75. The van der Waals surface area contributed by atoms with Crippen molar-refractivity contribution >= 4 is 23.4 Å². The second-order valence-corrected chi connectivity index (χ2v) is 5.05. The Labute approximate surface area is 110 Å². The van der Waals surface area contributed by atoms with Crippen LogP contribution in [0.25, 0.3) is 0 Å². The summed E-state index contributed by atoms with van der Waals surface area (Å²) in [7, 11) is 0. The van der Waals surface area contributed by atoms with Gasteiger partial charge in [0.15, 0.2) is 0 Å². The molecule has 0 fully saturated rings. The van der Waals surface area contributed by atoms with Crippen LogP contribution < -0.4 is 5.73 Å². The number of aromatic nitrogens is 1. The molecule has 0 amide bonds. The van der Waals surface area contributed by atoms with Crippen LogP contribution in [0.15, 0.2) is 52.5 Å². The molecule has 0 bridgehead atoms. The second-order valence-electron chi connectivity index (χ2n) is 3.58. The predicted molar refractivity (Wildman–Crippen MR) is 72.6 cm³/mol. The van der Waals surface area contributed by atoms with Crippen LogP contribution >= 0.6 is 23.4 Å². The first-order valence-corrected chi connectivity index (χ1v) is 6.56. The minimum atomic E-state index is 0.651. The summed E-state index contributed by atoms with van der Waals surface area (Å²) >= 11 is 7.66. The van der Waals surface area contributed by atoms with Crippen LogP contribution in [0.1, 0.15) is 5.56 Å². The lowest BCUT2D eigenvalue weighted by molar-refractivity contribution is 0.945. The quantitative estimate of drug-likeness (QED) is 0.920. The maximum absolute atomic E-state index is 6.09. The first-order valence-electron chi connectivity index (χ1n) is 5.37. The number of benzene rings is 1. The Kier molecular flexibility index (Phi) is 4.42. The molecule has 0 radical (unpaired) electrons. The molecule has 0 saturated carbocycles. The van der Waals surface area contributed by atoms with Crippen LogP contribution in [0, 0.1) is 0 Å². The van der Waals surface area contributed by atoms with E-state index >= 15 is 0 Å². The molecule has 88 valence electrons. The van der Waals surface area contributed by atoms with Crippen molar-refractivity contribution in [2.24, 2.45) is 5.73 Å². The van der Waals surface area contributed by atoms with Crippen molar-refractivity contribution in [3.8, 4) is 0 Å². The van der Waals surface area contributed by atoms with E-state index in [9.17, 15) is 0 Å². The summed E-state index contributed by atoms with van der Waals surface area (Å²) < 4.78 is 0. The van der Waals surface area contributed by atoms with E-state index in [-0.39, 0.29) is 0 Å². The minimum absolute atomic E-state index is 0.651. The van der Waals surface area contributed by atoms with Crippen LogP contribution in [0.4, 0.5) is 0 Å². The lowest BCUT2D eigenvalue weighted by Gasteiger charge is -2.04.